The molecule has 0 radical (unpaired) electrons. The van der Waals surface area contributed by atoms with Gasteiger partial charge in [-0.2, -0.15) is 13.2 Å². The molecule has 0 saturated carbocycles. The van der Waals surface area contributed by atoms with E-state index >= 15 is 0 Å². The van der Waals surface area contributed by atoms with Crippen LogP contribution in [0.15, 0.2) is 32.3 Å². The minimum Gasteiger partial charge on any atom is -0.303 e. The molecule has 1 N–H and O–H groups in total. The summed E-state index contributed by atoms with van der Waals surface area (Å²) in [5.41, 5.74) is -6.21. The highest BCUT2D eigenvalue weighted by molar-refractivity contribution is 9.10. The average molecular weight is 398 g/mol. The molecule has 0 aliphatic heterocycles. The highest BCUT2D eigenvalue weighted by Crippen LogP contribution is 2.29. The number of halogens is 5. The fourth-order valence-electron chi connectivity index (χ4n) is 1.71. The first-order valence-electron chi connectivity index (χ1n) is 5.59. The van der Waals surface area contributed by atoms with E-state index in [1.807, 2.05) is 0 Å². The number of benzene rings is 1. The molecule has 1 aromatic carbocycles. The summed E-state index contributed by atoms with van der Waals surface area (Å²) >= 11 is 2.73. The van der Waals surface area contributed by atoms with Crippen LogP contribution in [0.3, 0.4) is 0 Å². The van der Waals surface area contributed by atoms with E-state index in [0.717, 1.165) is 0 Å². The van der Waals surface area contributed by atoms with Gasteiger partial charge in [0.25, 0.3) is 11.2 Å². The van der Waals surface area contributed by atoms with Crippen LogP contribution in [0, 0.1) is 15.9 Å². The number of aromatic amines is 1. The predicted octanol–water partition coefficient (Wildman–Crippen LogP) is 2.35. The number of hydrogen-bond acceptors (Lipinski definition) is 4. The van der Waals surface area contributed by atoms with Crippen molar-refractivity contribution in [3.63, 3.8) is 0 Å². The SMILES string of the molecule is O=c1cc(C(F)(F)F)[nH]c(=O)n1-c1cc([N+](=O)[O-])c(Br)cc1F. The number of nitrogens with one attached hydrogen (secondary N) is 1. The number of alkyl halides is 3. The molecule has 0 unspecified atom stereocenters. The normalized spacial score (nSPS) is 11.5. The molecule has 122 valence electrons. The number of H-pyrrole nitrogens is 1. The lowest BCUT2D eigenvalue weighted by molar-refractivity contribution is -0.385. The van der Waals surface area contributed by atoms with Gasteiger partial charge in [-0.05, 0) is 22.0 Å². The van der Waals surface area contributed by atoms with E-state index in [2.05, 4.69) is 15.9 Å². The third kappa shape index (κ3) is 3.16. The zero-order valence-corrected chi connectivity index (χ0v) is 12.2. The summed E-state index contributed by atoms with van der Waals surface area (Å²) in [6.45, 7) is 0. The summed E-state index contributed by atoms with van der Waals surface area (Å²) in [5.74, 6) is -1.21. The number of hydrogen-bond donors (Lipinski definition) is 1. The van der Waals surface area contributed by atoms with Crippen molar-refractivity contribution in [2.45, 2.75) is 6.18 Å². The summed E-state index contributed by atoms with van der Waals surface area (Å²) in [7, 11) is 0. The van der Waals surface area contributed by atoms with Crippen LogP contribution in [-0.2, 0) is 6.18 Å². The minimum absolute atomic E-state index is 0.0318. The van der Waals surface area contributed by atoms with Crippen LogP contribution in [0.4, 0.5) is 23.2 Å². The Morgan fingerprint density at radius 2 is 1.83 bits per heavy atom. The molecule has 0 fully saturated rings. The van der Waals surface area contributed by atoms with E-state index in [1.165, 1.54) is 4.98 Å². The topological polar surface area (TPSA) is 98.0 Å². The molecule has 0 spiro atoms. The maximum absolute atomic E-state index is 13.9. The number of rotatable bonds is 2. The van der Waals surface area contributed by atoms with E-state index in [1.54, 1.807) is 0 Å². The Balaban J connectivity index is 2.79. The minimum atomic E-state index is -4.98. The first kappa shape index (κ1) is 16.9. The van der Waals surface area contributed by atoms with Crippen molar-refractivity contribution < 1.29 is 22.5 Å². The van der Waals surface area contributed by atoms with Crippen LogP contribution in [0.25, 0.3) is 5.69 Å². The molecule has 12 heteroatoms. The number of nitrogens with zero attached hydrogens (tertiary/aromatic N) is 2. The Kier molecular flexibility index (Phi) is 4.11. The monoisotopic (exact) mass is 397 g/mol. The summed E-state index contributed by atoms with van der Waals surface area (Å²) in [6.07, 6.45) is -4.98. The lowest BCUT2D eigenvalue weighted by Gasteiger charge is -2.10. The number of nitro groups is 1. The van der Waals surface area contributed by atoms with E-state index < -0.39 is 45.2 Å². The summed E-state index contributed by atoms with van der Waals surface area (Å²) in [6, 6.07) is 1.23. The molecule has 0 aliphatic rings. The Hall–Kier alpha value is -2.50. The number of nitro benzene ring substituents is 1. The maximum Gasteiger partial charge on any atom is 0.431 e. The van der Waals surface area contributed by atoms with Gasteiger partial charge in [0.05, 0.1) is 15.1 Å². The van der Waals surface area contributed by atoms with Gasteiger partial charge in [-0.15, -0.1) is 0 Å². The molecule has 1 aromatic heterocycles. The molecule has 2 aromatic rings. The van der Waals surface area contributed by atoms with Crippen molar-refractivity contribution in [1.82, 2.24) is 9.55 Å². The van der Waals surface area contributed by atoms with Gasteiger partial charge in [0.1, 0.15) is 11.5 Å². The standard InChI is InChI=1S/C11H4BrF4N3O4/c12-4-1-5(13)7(2-6(4)19(22)23)18-9(20)3-8(11(14,15)16)17-10(18)21/h1-3H,(H,17,21). The van der Waals surface area contributed by atoms with E-state index in [0.29, 0.717) is 12.1 Å². The second kappa shape index (κ2) is 5.61. The van der Waals surface area contributed by atoms with Crippen molar-refractivity contribution >= 4 is 21.6 Å². The third-order valence-corrected chi connectivity index (χ3v) is 3.33. The second-order valence-electron chi connectivity index (χ2n) is 4.17. The van der Waals surface area contributed by atoms with Crippen LogP contribution >= 0.6 is 15.9 Å². The van der Waals surface area contributed by atoms with Gasteiger partial charge in [-0.25, -0.2) is 13.8 Å². The number of aromatic nitrogens is 2. The van der Waals surface area contributed by atoms with Gasteiger partial charge in [0, 0.05) is 12.1 Å². The summed E-state index contributed by atoms with van der Waals surface area (Å²) < 4.78 is 51.1. The lowest BCUT2D eigenvalue weighted by Crippen LogP contribution is -2.36. The van der Waals surface area contributed by atoms with Crippen molar-refractivity contribution in [2.75, 3.05) is 0 Å². The Morgan fingerprint density at radius 3 is 2.30 bits per heavy atom. The molecule has 0 atom stereocenters. The van der Waals surface area contributed by atoms with E-state index in [-0.39, 0.29) is 15.1 Å². The molecule has 2 rings (SSSR count). The van der Waals surface area contributed by atoms with Gasteiger partial charge in [0.2, 0.25) is 0 Å². The summed E-state index contributed by atoms with van der Waals surface area (Å²) in [5, 5.41) is 10.8. The fraction of sp³-hybridized carbons (Fsp3) is 0.0909. The molecule has 0 bridgehead atoms. The Bertz CT molecular complexity index is 888. The molecular formula is C11H4BrF4N3O4. The van der Waals surface area contributed by atoms with Crippen LogP contribution in [0.5, 0.6) is 0 Å². The van der Waals surface area contributed by atoms with Crippen LogP contribution in [0.1, 0.15) is 5.69 Å². The zero-order chi connectivity index (χ0) is 17.5. The van der Waals surface area contributed by atoms with Gasteiger partial charge in [0.15, 0.2) is 0 Å². The van der Waals surface area contributed by atoms with E-state index in [9.17, 15) is 37.3 Å². The summed E-state index contributed by atoms with van der Waals surface area (Å²) in [4.78, 5) is 34.7. The zero-order valence-electron chi connectivity index (χ0n) is 10.6. The fourth-order valence-corrected chi connectivity index (χ4v) is 2.17. The van der Waals surface area contributed by atoms with Gasteiger partial charge in [-0.1, -0.05) is 0 Å². The molecular weight excluding hydrogens is 394 g/mol. The molecule has 1 heterocycles. The molecule has 0 amide bonds. The van der Waals surface area contributed by atoms with Crippen LogP contribution in [-0.4, -0.2) is 14.5 Å². The maximum atomic E-state index is 13.9. The quantitative estimate of drug-likeness (QED) is 0.477. The molecule has 0 aliphatic carbocycles. The molecule has 7 nitrogen and oxygen atoms in total. The average Bonchev–Trinajstić information content (AvgIpc) is 2.38. The van der Waals surface area contributed by atoms with Crippen LogP contribution < -0.4 is 11.2 Å². The van der Waals surface area contributed by atoms with Crippen molar-refractivity contribution in [2.24, 2.45) is 0 Å². The third-order valence-electron chi connectivity index (χ3n) is 2.69. The largest absolute Gasteiger partial charge is 0.431 e. The van der Waals surface area contributed by atoms with Gasteiger partial charge < -0.3 is 4.98 Å². The van der Waals surface area contributed by atoms with Gasteiger partial charge >= 0.3 is 11.9 Å². The molecule has 23 heavy (non-hydrogen) atoms. The van der Waals surface area contributed by atoms with E-state index in [4.69, 9.17) is 0 Å². The van der Waals surface area contributed by atoms with Gasteiger partial charge in [-0.3, -0.25) is 14.9 Å². The van der Waals surface area contributed by atoms with Crippen molar-refractivity contribution in [3.05, 3.63) is 65.1 Å². The first-order valence-corrected chi connectivity index (χ1v) is 6.39. The second-order valence-corrected chi connectivity index (χ2v) is 5.03. The highest BCUT2D eigenvalue weighted by Gasteiger charge is 2.33. The Labute approximate surface area is 131 Å². The first-order chi connectivity index (χ1) is 10.5. The Morgan fingerprint density at radius 1 is 1.22 bits per heavy atom. The van der Waals surface area contributed by atoms with Crippen molar-refractivity contribution in [1.29, 1.82) is 0 Å². The predicted molar refractivity (Wildman–Crippen MR) is 72.0 cm³/mol. The van der Waals surface area contributed by atoms with Crippen molar-refractivity contribution in [3.8, 4) is 5.69 Å². The van der Waals surface area contributed by atoms with Crippen LogP contribution in [0.2, 0.25) is 0 Å². The lowest BCUT2D eigenvalue weighted by atomic mass is 10.2. The highest BCUT2D eigenvalue weighted by atomic mass is 79.9. The smallest absolute Gasteiger partial charge is 0.303 e. The molecule has 0 saturated heterocycles.